The van der Waals surface area contributed by atoms with Crippen molar-refractivity contribution in [3.63, 3.8) is 0 Å². The molecular formula is C23H28N4O5S. The van der Waals surface area contributed by atoms with Gasteiger partial charge in [0.05, 0.1) is 26.4 Å². The van der Waals surface area contributed by atoms with Gasteiger partial charge in [-0.1, -0.05) is 18.2 Å². The summed E-state index contributed by atoms with van der Waals surface area (Å²) >= 11 is 5.56. The van der Waals surface area contributed by atoms with Crippen LogP contribution in [0.15, 0.2) is 42.5 Å². The molecule has 2 N–H and O–H groups in total. The Kier molecular flexibility index (Phi) is 8.31. The Hall–Kier alpha value is -3.53. The Morgan fingerprint density at radius 1 is 1.06 bits per heavy atom. The molecule has 0 aromatic heterocycles. The van der Waals surface area contributed by atoms with E-state index >= 15 is 0 Å². The van der Waals surface area contributed by atoms with Crippen LogP contribution in [0.5, 0.6) is 11.5 Å². The molecule has 33 heavy (non-hydrogen) atoms. The average Bonchev–Trinajstić information content (AvgIpc) is 3.33. The number of nitrogens with zero attached hydrogens (tertiary/aromatic N) is 2. The maximum absolute atomic E-state index is 12.9. The first-order chi connectivity index (χ1) is 16.0. The van der Waals surface area contributed by atoms with Crippen molar-refractivity contribution in [1.82, 2.24) is 15.3 Å². The van der Waals surface area contributed by atoms with Crippen LogP contribution in [0.1, 0.15) is 29.3 Å². The zero-order valence-corrected chi connectivity index (χ0v) is 19.7. The number of methoxy groups -OCH3 is 2. The van der Waals surface area contributed by atoms with Gasteiger partial charge in [-0.15, -0.1) is 0 Å². The Morgan fingerprint density at radius 3 is 2.55 bits per heavy atom. The number of anilines is 1. The van der Waals surface area contributed by atoms with E-state index in [9.17, 15) is 9.59 Å². The molecule has 1 fully saturated rings. The molecule has 0 atom stereocenters. The van der Waals surface area contributed by atoms with E-state index in [-0.39, 0.29) is 12.6 Å². The lowest BCUT2D eigenvalue weighted by Gasteiger charge is -2.30. The molecule has 0 aliphatic carbocycles. The van der Waals surface area contributed by atoms with Crippen molar-refractivity contribution in [3.8, 4) is 11.5 Å². The van der Waals surface area contributed by atoms with Gasteiger partial charge >= 0.3 is 12.0 Å². The molecule has 2 aromatic carbocycles. The summed E-state index contributed by atoms with van der Waals surface area (Å²) < 4.78 is 15.8. The number of ether oxygens (including phenoxy) is 3. The van der Waals surface area contributed by atoms with Gasteiger partial charge in [0.15, 0.2) is 16.6 Å². The standard InChI is InChI=1S/C23H28N4O5S/c1-4-32-21(28)16-8-5-10-18(14-16)25-22(29)26-12-7-13-27(26)23(33)24-15-17-9-6-11-19(30-2)20(17)31-3/h5-6,8-11,14H,4,7,12-13,15H2,1-3H3,(H,24,33)(H,25,29). The van der Waals surface area contributed by atoms with Crippen molar-refractivity contribution < 1.29 is 23.8 Å². The van der Waals surface area contributed by atoms with Gasteiger partial charge in [0.25, 0.3) is 0 Å². The summed E-state index contributed by atoms with van der Waals surface area (Å²) in [6, 6.07) is 11.9. The predicted molar refractivity (Wildman–Crippen MR) is 128 cm³/mol. The number of thiocarbonyl (C=S) groups is 1. The van der Waals surface area contributed by atoms with Crippen molar-refractivity contribution in [1.29, 1.82) is 0 Å². The van der Waals surface area contributed by atoms with Crippen LogP contribution in [0.3, 0.4) is 0 Å². The average molecular weight is 473 g/mol. The second kappa shape index (κ2) is 11.4. The number of carbonyl (C=O) groups excluding carboxylic acids is 2. The second-order valence-corrected chi connectivity index (χ2v) is 7.53. The maximum atomic E-state index is 12.9. The fourth-order valence-electron chi connectivity index (χ4n) is 3.52. The Balaban J connectivity index is 1.64. The number of benzene rings is 2. The molecule has 2 amide bonds. The second-order valence-electron chi connectivity index (χ2n) is 7.14. The molecular weight excluding hydrogens is 444 g/mol. The van der Waals surface area contributed by atoms with Crippen molar-refractivity contribution in [2.45, 2.75) is 19.9 Å². The van der Waals surface area contributed by atoms with Crippen molar-refractivity contribution in [2.75, 3.05) is 39.2 Å². The minimum atomic E-state index is -0.435. The third-order valence-corrected chi connectivity index (χ3v) is 5.39. The van der Waals surface area contributed by atoms with Crippen LogP contribution in [0.2, 0.25) is 0 Å². The third-order valence-electron chi connectivity index (χ3n) is 5.04. The van der Waals surface area contributed by atoms with Crippen molar-refractivity contribution in [3.05, 3.63) is 53.6 Å². The van der Waals surface area contributed by atoms with Gasteiger partial charge in [0, 0.05) is 30.9 Å². The molecule has 176 valence electrons. The highest BCUT2D eigenvalue weighted by molar-refractivity contribution is 7.80. The van der Waals surface area contributed by atoms with E-state index < -0.39 is 5.97 Å². The van der Waals surface area contributed by atoms with Crippen LogP contribution in [0, 0.1) is 0 Å². The molecule has 2 aromatic rings. The zero-order chi connectivity index (χ0) is 23.8. The highest BCUT2D eigenvalue weighted by atomic mass is 32.1. The van der Waals surface area contributed by atoms with E-state index in [0.717, 1.165) is 12.0 Å². The smallest absolute Gasteiger partial charge is 0.340 e. The lowest BCUT2D eigenvalue weighted by Crippen LogP contribution is -2.50. The van der Waals surface area contributed by atoms with Gasteiger partial charge < -0.3 is 24.8 Å². The van der Waals surface area contributed by atoms with Gasteiger partial charge in [-0.3, -0.25) is 5.01 Å². The molecule has 9 nitrogen and oxygen atoms in total. The SMILES string of the molecule is CCOC(=O)c1cccc(NC(=O)N2CCCN2C(=S)NCc2cccc(OC)c2OC)c1. The lowest BCUT2D eigenvalue weighted by molar-refractivity contribution is 0.0526. The number of nitrogens with one attached hydrogen (secondary N) is 2. The van der Waals surface area contributed by atoms with Crippen LogP contribution >= 0.6 is 12.2 Å². The van der Waals surface area contributed by atoms with Gasteiger partial charge in [0.2, 0.25) is 0 Å². The molecule has 0 radical (unpaired) electrons. The molecule has 3 rings (SSSR count). The summed E-state index contributed by atoms with van der Waals surface area (Å²) in [6.45, 7) is 3.56. The first-order valence-corrected chi connectivity index (χ1v) is 11.0. The molecule has 0 spiro atoms. The number of esters is 1. The fourth-order valence-corrected chi connectivity index (χ4v) is 3.78. The molecule has 1 aliphatic rings. The first kappa shape index (κ1) is 24.1. The monoisotopic (exact) mass is 472 g/mol. The molecule has 1 heterocycles. The molecule has 0 saturated carbocycles. The maximum Gasteiger partial charge on any atom is 0.340 e. The van der Waals surface area contributed by atoms with Crippen molar-refractivity contribution in [2.24, 2.45) is 0 Å². The van der Waals surface area contributed by atoms with Gasteiger partial charge in [-0.2, -0.15) is 0 Å². The number of hydrazine groups is 1. The number of urea groups is 1. The normalized spacial score (nSPS) is 12.8. The number of hydrogen-bond donors (Lipinski definition) is 2. The summed E-state index contributed by atoms with van der Waals surface area (Å²) in [6.07, 6.45) is 0.778. The summed E-state index contributed by atoms with van der Waals surface area (Å²) in [5, 5.41) is 9.72. The highest BCUT2D eigenvalue weighted by Gasteiger charge is 2.29. The number of para-hydroxylation sites is 1. The Bertz CT molecular complexity index is 1020. The van der Waals surface area contributed by atoms with Crippen LogP contribution in [0.4, 0.5) is 10.5 Å². The Morgan fingerprint density at radius 2 is 1.82 bits per heavy atom. The minimum absolute atomic E-state index is 0.282. The number of rotatable bonds is 7. The zero-order valence-electron chi connectivity index (χ0n) is 18.9. The number of carbonyl (C=O) groups is 2. The summed E-state index contributed by atoms with van der Waals surface area (Å²) in [5.74, 6) is 0.831. The first-order valence-electron chi connectivity index (χ1n) is 10.6. The molecule has 1 saturated heterocycles. The summed E-state index contributed by atoms with van der Waals surface area (Å²) in [4.78, 5) is 24.9. The number of hydrogen-bond acceptors (Lipinski definition) is 6. The van der Waals surface area contributed by atoms with Gasteiger partial charge in [-0.25, -0.2) is 14.6 Å². The van der Waals surface area contributed by atoms with Crippen molar-refractivity contribution >= 4 is 35.0 Å². The van der Waals surface area contributed by atoms with Crippen LogP contribution in [-0.2, 0) is 11.3 Å². The highest BCUT2D eigenvalue weighted by Crippen LogP contribution is 2.30. The van der Waals surface area contributed by atoms with E-state index in [1.807, 2.05) is 18.2 Å². The van der Waals surface area contributed by atoms with E-state index in [4.69, 9.17) is 26.4 Å². The van der Waals surface area contributed by atoms with Crippen LogP contribution in [-0.4, -0.2) is 61.0 Å². The van der Waals surface area contributed by atoms with Gasteiger partial charge in [0.1, 0.15) is 0 Å². The number of amides is 2. The largest absolute Gasteiger partial charge is 0.493 e. The summed E-state index contributed by atoms with van der Waals surface area (Å²) in [5.41, 5.74) is 1.75. The minimum Gasteiger partial charge on any atom is -0.493 e. The molecule has 1 aliphatic heterocycles. The fraction of sp³-hybridized carbons (Fsp3) is 0.348. The lowest BCUT2D eigenvalue weighted by atomic mass is 10.2. The topological polar surface area (TPSA) is 92.4 Å². The van der Waals surface area contributed by atoms with E-state index in [1.165, 1.54) is 0 Å². The van der Waals surface area contributed by atoms with E-state index in [0.29, 0.717) is 47.5 Å². The molecule has 0 bridgehead atoms. The Labute approximate surface area is 198 Å². The van der Waals surface area contributed by atoms with E-state index in [2.05, 4.69) is 10.6 Å². The molecule has 10 heteroatoms. The predicted octanol–water partition coefficient (Wildman–Crippen LogP) is 3.41. The third kappa shape index (κ3) is 5.83. The summed E-state index contributed by atoms with van der Waals surface area (Å²) in [7, 11) is 3.17. The quantitative estimate of drug-likeness (QED) is 0.468. The van der Waals surface area contributed by atoms with Crippen LogP contribution in [0.25, 0.3) is 0 Å². The van der Waals surface area contributed by atoms with E-state index in [1.54, 1.807) is 55.4 Å². The molecule has 0 unspecified atom stereocenters. The van der Waals surface area contributed by atoms with Gasteiger partial charge in [-0.05, 0) is 49.8 Å². The van der Waals surface area contributed by atoms with Crippen LogP contribution < -0.4 is 20.1 Å².